The molecule has 2 aromatic carbocycles. The maximum atomic E-state index is 13.8. The lowest BCUT2D eigenvalue weighted by Crippen LogP contribution is -2.41. The predicted molar refractivity (Wildman–Crippen MR) is 148 cm³/mol. The minimum atomic E-state index is -3.90. The van der Waals surface area contributed by atoms with E-state index in [2.05, 4.69) is 15.5 Å². The summed E-state index contributed by atoms with van der Waals surface area (Å²) in [6.45, 7) is 15.8. The average Bonchev–Trinajstić information content (AvgIpc) is 3.47. The Kier molecular flexibility index (Phi) is 6.05. The Hall–Kier alpha value is -3.15. The minimum Gasteiger partial charge on any atom is -0.403 e. The van der Waals surface area contributed by atoms with Gasteiger partial charge in [0, 0.05) is 28.1 Å². The smallest absolute Gasteiger partial charge is 0.403 e. The first-order valence-corrected chi connectivity index (χ1v) is 14.0. The Labute approximate surface area is 223 Å². The fourth-order valence-electron chi connectivity index (χ4n) is 4.25. The first-order chi connectivity index (χ1) is 17.6. The van der Waals surface area contributed by atoms with Gasteiger partial charge < -0.3 is 19.0 Å². The molecule has 0 saturated carbocycles. The average molecular weight is 536 g/mol. The molecule has 0 unspecified atom stereocenters. The lowest BCUT2D eigenvalue weighted by atomic mass is 9.79. The van der Waals surface area contributed by atoms with Gasteiger partial charge in [-0.3, -0.25) is 0 Å². The van der Waals surface area contributed by atoms with Crippen LogP contribution in [0.3, 0.4) is 0 Å². The molecule has 0 atom stereocenters. The molecule has 1 saturated heterocycles. The lowest BCUT2D eigenvalue weighted by molar-refractivity contribution is 0.00578. The molecule has 0 radical (unpaired) electrons. The van der Waals surface area contributed by atoms with Crippen molar-refractivity contribution >= 4 is 39.5 Å². The summed E-state index contributed by atoms with van der Waals surface area (Å²) in [5.74, 6) is 0.313. The molecule has 0 amide bonds. The Morgan fingerprint density at radius 3 is 2.18 bits per heavy atom. The van der Waals surface area contributed by atoms with Crippen molar-refractivity contribution in [2.45, 2.75) is 77.0 Å². The highest BCUT2D eigenvalue weighted by atomic mass is 32.2. The van der Waals surface area contributed by atoms with Crippen LogP contribution in [0.5, 0.6) is 0 Å². The van der Waals surface area contributed by atoms with Crippen LogP contribution in [0.15, 0.2) is 58.0 Å². The number of anilines is 1. The van der Waals surface area contributed by atoms with Gasteiger partial charge in [0.15, 0.2) is 0 Å². The molecule has 1 aliphatic rings. The second-order valence-corrected chi connectivity index (χ2v) is 13.6. The van der Waals surface area contributed by atoms with Gasteiger partial charge in [-0.25, -0.2) is 12.4 Å². The fraction of sp³-hybridized carbons (Fsp3) is 0.407. The largest absolute Gasteiger partial charge is 0.497 e. The third kappa shape index (κ3) is 4.63. The quantitative estimate of drug-likeness (QED) is 0.364. The summed E-state index contributed by atoms with van der Waals surface area (Å²) in [6, 6.07) is 12.4. The number of aryl methyl sites for hydroxylation is 1. The van der Waals surface area contributed by atoms with E-state index in [1.807, 2.05) is 61.5 Å². The van der Waals surface area contributed by atoms with Gasteiger partial charge in [-0.2, -0.15) is 0 Å². The van der Waals surface area contributed by atoms with Gasteiger partial charge in [0.2, 0.25) is 5.89 Å². The molecule has 0 aliphatic carbocycles. The van der Waals surface area contributed by atoms with Crippen LogP contribution in [0.2, 0.25) is 0 Å². The van der Waals surface area contributed by atoms with E-state index in [0.717, 1.165) is 5.56 Å². The highest BCUT2D eigenvalue weighted by molar-refractivity contribution is 7.90. The van der Waals surface area contributed by atoms with E-state index < -0.39 is 28.3 Å². The molecular formula is C27H33BN4O5S. The number of nitrogens with one attached hydrogen (secondary N) is 1. The third-order valence-corrected chi connectivity index (χ3v) is 8.73. The Bertz CT molecular complexity index is 1600. The summed E-state index contributed by atoms with van der Waals surface area (Å²) in [6.07, 6.45) is 1.59. The van der Waals surface area contributed by atoms with Crippen molar-refractivity contribution in [1.29, 1.82) is 0 Å². The maximum Gasteiger partial charge on any atom is 0.497 e. The van der Waals surface area contributed by atoms with Gasteiger partial charge in [0.1, 0.15) is 0 Å². The normalized spacial score (nSPS) is 17.3. The number of benzene rings is 2. The number of fused-ring (bicyclic) bond motifs is 1. The standard InChI is InChI=1S/C27H33BN4O5S/c1-17-9-12-19(13-10-17)38(33,34)32-16-21(28-36-26(5,6)27(7,8)37-28)20-15-18(11-14-22(20)32)23-30-31-24(35-23)29-25(2,3)4/h9-16H,1-8H3,(H,29,31). The van der Waals surface area contributed by atoms with Crippen molar-refractivity contribution in [2.75, 3.05) is 5.32 Å². The fourth-order valence-corrected chi connectivity index (χ4v) is 5.63. The van der Waals surface area contributed by atoms with Crippen LogP contribution in [0, 0.1) is 6.92 Å². The van der Waals surface area contributed by atoms with Crippen LogP contribution in [-0.2, 0) is 19.3 Å². The predicted octanol–water partition coefficient (Wildman–Crippen LogP) is 4.75. The zero-order chi connectivity index (χ0) is 27.7. The molecule has 3 heterocycles. The second-order valence-electron chi connectivity index (χ2n) is 11.8. The van der Waals surface area contributed by atoms with Crippen molar-refractivity contribution in [3.8, 4) is 11.5 Å². The number of hydrogen-bond acceptors (Lipinski definition) is 8. The Balaban J connectivity index is 1.66. The summed E-state index contributed by atoms with van der Waals surface area (Å²) >= 11 is 0. The molecule has 2 aromatic heterocycles. The molecule has 200 valence electrons. The SMILES string of the molecule is Cc1ccc(S(=O)(=O)n2cc(B3OC(C)(C)C(C)(C)O3)c3cc(-c4nnc(NC(C)(C)C)o4)ccc32)cc1. The van der Waals surface area contributed by atoms with Gasteiger partial charge in [0.05, 0.1) is 21.6 Å². The van der Waals surface area contributed by atoms with Gasteiger partial charge in [-0.05, 0) is 85.7 Å². The Morgan fingerprint density at radius 1 is 0.947 bits per heavy atom. The van der Waals surface area contributed by atoms with Gasteiger partial charge in [-0.1, -0.05) is 22.8 Å². The monoisotopic (exact) mass is 536 g/mol. The van der Waals surface area contributed by atoms with Crippen molar-refractivity contribution < 1.29 is 22.1 Å². The maximum absolute atomic E-state index is 13.8. The highest BCUT2D eigenvalue weighted by Crippen LogP contribution is 2.38. The van der Waals surface area contributed by atoms with E-state index in [-0.39, 0.29) is 10.4 Å². The van der Waals surface area contributed by atoms with E-state index in [0.29, 0.717) is 33.8 Å². The van der Waals surface area contributed by atoms with E-state index in [9.17, 15) is 8.42 Å². The van der Waals surface area contributed by atoms with E-state index in [1.54, 1.807) is 42.6 Å². The van der Waals surface area contributed by atoms with E-state index in [4.69, 9.17) is 13.7 Å². The number of hydrogen-bond donors (Lipinski definition) is 1. The van der Waals surface area contributed by atoms with Crippen molar-refractivity contribution in [2.24, 2.45) is 0 Å². The molecule has 4 aromatic rings. The molecule has 1 N–H and O–H groups in total. The topological polar surface area (TPSA) is 108 Å². The van der Waals surface area contributed by atoms with Gasteiger partial charge in [-0.15, -0.1) is 5.10 Å². The zero-order valence-electron chi connectivity index (χ0n) is 23.0. The summed E-state index contributed by atoms with van der Waals surface area (Å²) in [4.78, 5) is 0.194. The van der Waals surface area contributed by atoms with Crippen LogP contribution >= 0.6 is 0 Å². The number of rotatable bonds is 5. The summed E-state index contributed by atoms with van der Waals surface area (Å²) in [5.41, 5.74) is 1.27. The first kappa shape index (κ1) is 26.5. The third-order valence-electron chi connectivity index (χ3n) is 7.04. The van der Waals surface area contributed by atoms with Gasteiger partial charge >= 0.3 is 13.1 Å². The molecule has 38 heavy (non-hydrogen) atoms. The van der Waals surface area contributed by atoms with Crippen LogP contribution < -0.4 is 10.8 Å². The zero-order valence-corrected chi connectivity index (χ0v) is 23.8. The number of nitrogens with zero attached hydrogens (tertiary/aromatic N) is 3. The van der Waals surface area contributed by atoms with Crippen LogP contribution in [-0.4, -0.2) is 46.4 Å². The van der Waals surface area contributed by atoms with Crippen molar-refractivity contribution in [1.82, 2.24) is 14.2 Å². The summed E-state index contributed by atoms with van der Waals surface area (Å²) in [7, 11) is -4.67. The Morgan fingerprint density at radius 2 is 1.58 bits per heavy atom. The van der Waals surface area contributed by atoms with E-state index in [1.165, 1.54) is 3.97 Å². The summed E-state index contributed by atoms with van der Waals surface area (Å²) < 4.78 is 47.3. The van der Waals surface area contributed by atoms with E-state index >= 15 is 0 Å². The summed E-state index contributed by atoms with van der Waals surface area (Å²) in [5, 5.41) is 12.1. The second kappa shape index (κ2) is 8.69. The molecule has 11 heteroatoms. The highest BCUT2D eigenvalue weighted by Gasteiger charge is 2.52. The molecule has 1 fully saturated rings. The molecule has 5 rings (SSSR count). The van der Waals surface area contributed by atoms with Crippen LogP contribution in [0.4, 0.5) is 6.01 Å². The van der Waals surface area contributed by atoms with Gasteiger partial charge in [0.25, 0.3) is 10.0 Å². The minimum absolute atomic E-state index is 0.194. The van der Waals surface area contributed by atoms with Crippen LogP contribution in [0.1, 0.15) is 54.0 Å². The lowest BCUT2D eigenvalue weighted by Gasteiger charge is -2.32. The molecule has 0 spiro atoms. The molecular weight excluding hydrogens is 503 g/mol. The van der Waals surface area contributed by atoms with Crippen LogP contribution in [0.25, 0.3) is 22.4 Å². The van der Waals surface area contributed by atoms with Crippen molar-refractivity contribution in [3.05, 3.63) is 54.2 Å². The molecule has 0 bridgehead atoms. The number of aromatic nitrogens is 3. The molecule has 1 aliphatic heterocycles. The molecule has 9 nitrogen and oxygen atoms in total. The first-order valence-electron chi connectivity index (χ1n) is 12.5. The van der Waals surface area contributed by atoms with Crippen molar-refractivity contribution in [3.63, 3.8) is 0 Å².